The van der Waals surface area contributed by atoms with Gasteiger partial charge in [-0.25, -0.2) is 4.79 Å². The lowest BCUT2D eigenvalue weighted by Crippen LogP contribution is -2.47. The normalized spacial score (nSPS) is 22.8. The molecule has 4 rings (SSSR count). The van der Waals surface area contributed by atoms with Crippen molar-refractivity contribution in [3.8, 4) is 0 Å². The fourth-order valence-corrected chi connectivity index (χ4v) is 3.65. The Hall–Kier alpha value is -2.17. The third-order valence-corrected chi connectivity index (χ3v) is 5.04. The van der Waals surface area contributed by atoms with Crippen LogP contribution >= 0.6 is 0 Å². The standard InChI is InChI=1S/C16H15NO4/c18-13-11-4-1-2-5-12(11)14(19)17(13)21-15(20)10-8-16(9-10)6-3-7-16/h1-2,4-5,10H,3,6-9H2. The number of hydroxylamine groups is 2. The predicted octanol–water partition coefficient (Wildman–Crippen LogP) is 2.32. The highest BCUT2D eigenvalue weighted by atomic mass is 16.7. The van der Waals surface area contributed by atoms with E-state index >= 15 is 0 Å². The molecule has 0 bridgehead atoms. The first kappa shape index (κ1) is 12.6. The van der Waals surface area contributed by atoms with Crippen LogP contribution in [0, 0.1) is 11.3 Å². The minimum absolute atomic E-state index is 0.172. The molecule has 1 aliphatic heterocycles. The van der Waals surface area contributed by atoms with Crippen LogP contribution in [-0.2, 0) is 9.63 Å². The number of fused-ring (bicyclic) bond motifs is 1. The summed E-state index contributed by atoms with van der Waals surface area (Å²) in [6.45, 7) is 0. The Morgan fingerprint density at radius 3 is 2.14 bits per heavy atom. The van der Waals surface area contributed by atoms with E-state index in [1.54, 1.807) is 24.3 Å². The fraction of sp³-hybridized carbons (Fsp3) is 0.438. The summed E-state index contributed by atoms with van der Waals surface area (Å²) in [6, 6.07) is 6.50. The molecule has 2 aliphatic carbocycles. The number of nitrogens with zero attached hydrogens (tertiary/aromatic N) is 1. The largest absolute Gasteiger partial charge is 0.336 e. The van der Waals surface area contributed by atoms with Crippen molar-refractivity contribution in [2.45, 2.75) is 32.1 Å². The minimum Gasteiger partial charge on any atom is -0.329 e. The van der Waals surface area contributed by atoms with E-state index in [1.807, 2.05) is 0 Å². The second-order valence-corrected chi connectivity index (χ2v) is 6.32. The Morgan fingerprint density at radius 1 is 1.10 bits per heavy atom. The molecule has 1 aromatic carbocycles. The Balaban J connectivity index is 1.45. The molecule has 0 N–H and O–H groups in total. The maximum Gasteiger partial charge on any atom is 0.336 e. The molecule has 2 amide bonds. The van der Waals surface area contributed by atoms with Gasteiger partial charge in [0.05, 0.1) is 17.0 Å². The van der Waals surface area contributed by atoms with E-state index in [4.69, 9.17) is 4.84 Å². The topological polar surface area (TPSA) is 63.7 Å². The molecule has 1 spiro atoms. The Morgan fingerprint density at radius 2 is 1.67 bits per heavy atom. The van der Waals surface area contributed by atoms with E-state index in [2.05, 4.69) is 0 Å². The van der Waals surface area contributed by atoms with Gasteiger partial charge in [-0.2, -0.15) is 0 Å². The van der Waals surface area contributed by atoms with Crippen LogP contribution in [0.2, 0.25) is 0 Å². The molecule has 0 atom stereocenters. The molecule has 0 unspecified atom stereocenters. The van der Waals surface area contributed by atoms with Crippen LogP contribution in [0.15, 0.2) is 24.3 Å². The third kappa shape index (κ3) is 1.73. The molecule has 0 radical (unpaired) electrons. The van der Waals surface area contributed by atoms with Gasteiger partial charge in [0.25, 0.3) is 11.8 Å². The van der Waals surface area contributed by atoms with Crippen LogP contribution in [0.1, 0.15) is 52.8 Å². The van der Waals surface area contributed by atoms with E-state index in [1.165, 1.54) is 19.3 Å². The number of rotatable bonds is 2. The Kier molecular flexibility index (Phi) is 2.49. The average molecular weight is 285 g/mol. The average Bonchev–Trinajstić information content (AvgIpc) is 2.61. The summed E-state index contributed by atoms with van der Waals surface area (Å²) in [6.07, 6.45) is 5.26. The number of benzene rings is 1. The second-order valence-electron chi connectivity index (χ2n) is 6.32. The molecule has 1 heterocycles. The Bertz CT molecular complexity index is 619. The fourth-order valence-electron chi connectivity index (χ4n) is 3.65. The molecule has 2 fully saturated rings. The van der Waals surface area contributed by atoms with Gasteiger partial charge in [-0.05, 0) is 43.2 Å². The molecule has 5 heteroatoms. The Labute approximate surface area is 121 Å². The summed E-state index contributed by atoms with van der Waals surface area (Å²) in [5, 5.41) is 0.610. The zero-order valence-corrected chi connectivity index (χ0v) is 11.5. The monoisotopic (exact) mass is 285 g/mol. The molecule has 3 aliphatic rings. The van der Waals surface area contributed by atoms with E-state index in [0.717, 1.165) is 12.8 Å². The number of hydrogen-bond acceptors (Lipinski definition) is 4. The van der Waals surface area contributed by atoms with E-state index in [-0.39, 0.29) is 5.92 Å². The molecule has 0 saturated heterocycles. The van der Waals surface area contributed by atoms with Crippen molar-refractivity contribution in [2.24, 2.45) is 11.3 Å². The summed E-state index contributed by atoms with van der Waals surface area (Å²) < 4.78 is 0. The van der Waals surface area contributed by atoms with Crippen molar-refractivity contribution < 1.29 is 19.2 Å². The van der Waals surface area contributed by atoms with Crippen molar-refractivity contribution in [3.63, 3.8) is 0 Å². The van der Waals surface area contributed by atoms with Crippen LogP contribution < -0.4 is 0 Å². The predicted molar refractivity (Wildman–Crippen MR) is 72.0 cm³/mol. The minimum atomic E-state index is -0.554. The SMILES string of the molecule is O=C(ON1C(=O)c2ccccc2C1=O)C1CC2(CCC2)C1. The van der Waals surface area contributed by atoms with Gasteiger partial charge in [-0.1, -0.05) is 23.6 Å². The van der Waals surface area contributed by atoms with Gasteiger partial charge in [0, 0.05) is 0 Å². The first-order valence-corrected chi connectivity index (χ1v) is 7.29. The van der Waals surface area contributed by atoms with Crippen LogP contribution in [0.3, 0.4) is 0 Å². The quantitative estimate of drug-likeness (QED) is 0.782. The van der Waals surface area contributed by atoms with E-state index in [0.29, 0.717) is 21.6 Å². The summed E-state index contributed by atoms with van der Waals surface area (Å²) in [5.74, 6) is -1.74. The van der Waals surface area contributed by atoms with Crippen LogP contribution in [0.4, 0.5) is 0 Å². The van der Waals surface area contributed by atoms with Crippen molar-refractivity contribution >= 4 is 17.8 Å². The second kappa shape index (κ2) is 4.16. The smallest absolute Gasteiger partial charge is 0.329 e. The van der Waals surface area contributed by atoms with Crippen molar-refractivity contribution in [1.29, 1.82) is 0 Å². The van der Waals surface area contributed by atoms with Crippen LogP contribution in [-0.4, -0.2) is 22.8 Å². The summed E-state index contributed by atoms with van der Waals surface area (Å²) >= 11 is 0. The van der Waals surface area contributed by atoms with Gasteiger partial charge in [0.2, 0.25) is 0 Å². The maximum atomic E-state index is 12.1. The van der Waals surface area contributed by atoms with Gasteiger partial charge in [-0.15, -0.1) is 0 Å². The highest BCUT2D eigenvalue weighted by Crippen LogP contribution is 2.58. The van der Waals surface area contributed by atoms with E-state index in [9.17, 15) is 14.4 Å². The number of hydrogen-bond donors (Lipinski definition) is 0. The maximum absolute atomic E-state index is 12.1. The highest BCUT2D eigenvalue weighted by molar-refractivity contribution is 6.20. The first-order chi connectivity index (χ1) is 10.1. The van der Waals surface area contributed by atoms with Gasteiger partial charge in [0.1, 0.15) is 0 Å². The molecule has 5 nitrogen and oxygen atoms in total. The van der Waals surface area contributed by atoms with Crippen LogP contribution in [0.25, 0.3) is 0 Å². The van der Waals surface area contributed by atoms with E-state index < -0.39 is 17.8 Å². The summed E-state index contributed by atoms with van der Waals surface area (Å²) in [5.41, 5.74) is 0.935. The molecule has 0 aromatic heterocycles. The molecular weight excluding hydrogens is 270 g/mol. The van der Waals surface area contributed by atoms with Gasteiger partial charge >= 0.3 is 5.97 Å². The molecule has 21 heavy (non-hydrogen) atoms. The molecule has 1 aromatic rings. The lowest BCUT2D eigenvalue weighted by molar-refractivity contribution is -0.185. The van der Waals surface area contributed by atoms with Crippen molar-refractivity contribution in [3.05, 3.63) is 35.4 Å². The molecule has 2 saturated carbocycles. The molecule has 108 valence electrons. The van der Waals surface area contributed by atoms with Crippen LogP contribution in [0.5, 0.6) is 0 Å². The zero-order chi connectivity index (χ0) is 14.6. The number of imide groups is 1. The van der Waals surface area contributed by atoms with Crippen molar-refractivity contribution in [2.75, 3.05) is 0 Å². The van der Waals surface area contributed by atoms with Gasteiger partial charge < -0.3 is 4.84 Å². The summed E-state index contributed by atoms with van der Waals surface area (Å²) in [4.78, 5) is 41.4. The van der Waals surface area contributed by atoms with Gasteiger partial charge in [0.15, 0.2) is 0 Å². The lowest BCUT2D eigenvalue weighted by atomic mass is 9.52. The third-order valence-electron chi connectivity index (χ3n) is 5.04. The number of carbonyl (C=O) groups is 3. The number of carbonyl (C=O) groups excluding carboxylic acids is 3. The first-order valence-electron chi connectivity index (χ1n) is 7.29. The molecular formula is C16H15NO4. The number of amides is 2. The lowest BCUT2D eigenvalue weighted by Gasteiger charge is -2.53. The summed E-state index contributed by atoms with van der Waals surface area (Å²) in [7, 11) is 0. The highest BCUT2D eigenvalue weighted by Gasteiger charge is 2.52. The zero-order valence-electron chi connectivity index (χ0n) is 11.5. The van der Waals surface area contributed by atoms with Gasteiger partial charge in [-0.3, -0.25) is 9.59 Å². The van der Waals surface area contributed by atoms with Crippen molar-refractivity contribution in [1.82, 2.24) is 5.06 Å².